The van der Waals surface area contributed by atoms with E-state index in [9.17, 15) is 9.59 Å². The molecule has 0 spiro atoms. The van der Waals surface area contributed by atoms with Crippen molar-refractivity contribution in [1.82, 2.24) is 20.4 Å². The monoisotopic (exact) mass is 438 g/mol. The molecule has 2 aromatic rings. The maximum atomic E-state index is 12.5. The van der Waals surface area contributed by atoms with Crippen LogP contribution in [0.1, 0.15) is 86.5 Å². The van der Waals surface area contributed by atoms with Crippen molar-refractivity contribution in [3.05, 3.63) is 41.1 Å². The Hall–Kier alpha value is -2.87. The van der Waals surface area contributed by atoms with Crippen molar-refractivity contribution in [3.63, 3.8) is 0 Å². The third-order valence-electron chi connectivity index (χ3n) is 6.42. The number of nitrogens with zero attached hydrogens (tertiary/aromatic N) is 2. The van der Waals surface area contributed by atoms with E-state index in [1.165, 1.54) is 25.7 Å². The highest BCUT2D eigenvalue weighted by atomic mass is 16.2. The number of unbranched alkanes of at least 4 members (excludes halogenated alkanes) is 3. The number of rotatable bonds is 10. The number of urea groups is 1. The SMILES string of the molecule is CCCCCCC(C)NCc1cc(NC(=O)Nc2ccc3c(c2)C2CCCN2C3=O)n[nH]1. The molecule has 0 radical (unpaired) electrons. The normalized spacial score (nSPS) is 17.9. The summed E-state index contributed by atoms with van der Waals surface area (Å²) >= 11 is 0. The Kier molecular flexibility index (Phi) is 7.09. The second-order valence-corrected chi connectivity index (χ2v) is 8.95. The number of anilines is 2. The number of hydrogen-bond donors (Lipinski definition) is 4. The fourth-order valence-electron chi connectivity index (χ4n) is 4.66. The van der Waals surface area contributed by atoms with Crippen molar-refractivity contribution < 1.29 is 9.59 Å². The molecule has 1 fully saturated rings. The highest BCUT2D eigenvalue weighted by Gasteiger charge is 2.39. The molecule has 4 rings (SSSR count). The average Bonchev–Trinajstić information content (AvgIpc) is 3.49. The molecule has 3 amide bonds. The zero-order valence-corrected chi connectivity index (χ0v) is 19.0. The van der Waals surface area contributed by atoms with Gasteiger partial charge in [0.15, 0.2) is 5.82 Å². The van der Waals surface area contributed by atoms with Gasteiger partial charge in [-0.1, -0.05) is 32.6 Å². The molecule has 2 aliphatic rings. The van der Waals surface area contributed by atoms with Crippen LogP contribution >= 0.6 is 0 Å². The molecule has 172 valence electrons. The van der Waals surface area contributed by atoms with Crippen molar-refractivity contribution in [3.8, 4) is 0 Å². The van der Waals surface area contributed by atoms with Crippen molar-refractivity contribution in [1.29, 1.82) is 0 Å². The maximum Gasteiger partial charge on any atom is 0.324 e. The Morgan fingerprint density at radius 2 is 2.12 bits per heavy atom. The molecule has 2 atom stereocenters. The van der Waals surface area contributed by atoms with E-state index in [1.54, 1.807) is 6.07 Å². The van der Waals surface area contributed by atoms with Gasteiger partial charge in [-0.2, -0.15) is 5.10 Å². The Bertz CT molecular complexity index is 956. The number of H-pyrrole nitrogens is 1. The van der Waals surface area contributed by atoms with Crippen LogP contribution in [0.25, 0.3) is 0 Å². The summed E-state index contributed by atoms with van der Waals surface area (Å²) in [5.41, 5.74) is 3.38. The van der Waals surface area contributed by atoms with E-state index in [0.29, 0.717) is 24.1 Å². The predicted molar refractivity (Wildman–Crippen MR) is 126 cm³/mol. The van der Waals surface area contributed by atoms with Crippen LogP contribution in [0.5, 0.6) is 0 Å². The first kappa shape index (κ1) is 22.3. The van der Waals surface area contributed by atoms with Crippen LogP contribution in [0.4, 0.5) is 16.3 Å². The van der Waals surface area contributed by atoms with Gasteiger partial charge in [0.05, 0.1) is 11.7 Å². The summed E-state index contributed by atoms with van der Waals surface area (Å²) in [7, 11) is 0. The molecule has 3 heterocycles. The molecule has 8 nitrogen and oxygen atoms in total. The number of benzene rings is 1. The van der Waals surface area contributed by atoms with Crippen LogP contribution in [0.15, 0.2) is 24.3 Å². The lowest BCUT2D eigenvalue weighted by atomic mass is 10.0. The Morgan fingerprint density at radius 3 is 2.97 bits per heavy atom. The number of aromatic amines is 1. The van der Waals surface area contributed by atoms with Gasteiger partial charge in [-0.15, -0.1) is 0 Å². The van der Waals surface area contributed by atoms with Gasteiger partial charge in [-0.3, -0.25) is 15.2 Å². The Morgan fingerprint density at radius 1 is 1.25 bits per heavy atom. The van der Waals surface area contributed by atoms with Gasteiger partial charge in [0, 0.05) is 36.4 Å². The maximum absolute atomic E-state index is 12.5. The number of hydrogen-bond acceptors (Lipinski definition) is 4. The molecule has 0 bridgehead atoms. The second-order valence-electron chi connectivity index (χ2n) is 8.95. The van der Waals surface area contributed by atoms with Gasteiger partial charge < -0.3 is 15.5 Å². The van der Waals surface area contributed by atoms with Crippen molar-refractivity contribution in [2.75, 3.05) is 17.2 Å². The summed E-state index contributed by atoms with van der Waals surface area (Å²) in [6, 6.07) is 7.59. The smallest absolute Gasteiger partial charge is 0.324 e. The summed E-state index contributed by atoms with van der Waals surface area (Å²) in [5.74, 6) is 0.583. The van der Waals surface area contributed by atoms with Crippen LogP contribution in [0, 0.1) is 0 Å². The van der Waals surface area contributed by atoms with Gasteiger partial charge in [-0.25, -0.2) is 4.79 Å². The molecule has 1 aromatic carbocycles. The Balaban J connectivity index is 1.25. The summed E-state index contributed by atoms with van der Waals surface area (Å²) in [6.45, 7) is 5.92. The average molecular weight is 439 g/mol. The summed E-state index contributed by atoms with van der Waals surface area (Å²) in [4.78, 5) is 26.8. The molecular formula is C24H34N6O2. The van der Waals surface area contributed by atoms with Gasteiger partial charge in [0.2, 0.25) is 0 Å². The summed E-state index contributed by atoms with van der Waals surface area (Å²) in [5, 5.41) is 16.3. The molecule has 2 aliphatic heterocycles. The number of carbonyl (C=O) groups excluding carboxylic acids is 2. The fraction of sp³-hybridized carbons (Fsp3) is 0.542. The van der Waals surface area contributed by atoms with Gasteiger partial charge in [-0.05, 0) is 49.9 Å². The number of amides is 3. The molecule has 32 heavy (non-hydrogen) atoms. The fourth-order valence-corrected chi connectivity index (χ4v) is 4.66. The largest absolute Gasteiger partial charge is 0.332 e. The van der Waals surface area contributed by atoms with Gasteiger partial charge in [0.1, 0.15) is 0 Å². The molecule has 2 unspecified atom stereocenters. The third kappa shape index (κ3) is 5.12. The van der Waals surface area contributed by atoms with Crippen LogP contribution in [0.2, 0.25) is 0 Å². The van der Waals surface area contributed by atoms with Gasteiger partial charge >= 0.3 is 6.03 Å². The van der Waals surface area contributed by atoms with Crippen LogP contribution < -0.4 is 16.0 Å². The van der Waals surface area contributed by atoms with Crippen LogP contribution in [0.3, 0.4) is 0 Å². The highest BCUT2D eigenvalue weighted by molar-refractivity contribution is 6.02. The van der Waals surface area contributed by atoms with Gasteiger partial charge in [0.25, 0.3) is 5.91 Å². The minimum Gasteiger partial charge on any atom is -0.332 e. The third-order valence-corrected chi connectivity index (χ3v) is 6.42. The van der Waals surface area contributed by atoms with Crippen LogP contribution in [-0.2, 0) is 6.54 Å². The topological polar surface area (TPSA) is 102 Å². The molecule has 8 heteroatoms. The number of fused-ring (bicyclic) bond motifs is 3. The van der Waals surface area contributed by atoms with E-state index in [2.05, 4.69) is 40.0 Å². The minimum absolute atomic E-state index is 0.103. The van der Waals surface area contributed by atoms with E-state index in [0.717, 1.165) is 42.6 Å². The first-order chi connectivity index (χ1) is 15.5. The van der Waals surface area contributed by atoms with Crippen molar-refractivity contribution in [2.45, 2.75) is 77.4 Å². The molecular weight excluding hydrogens is 404 g/mol. The summed E-state index contributed by atoms with van der Waals surface area (Å²) < 4.78 is 0. The zero-order chi connectivity index (χ0) is 22.5. The number of nitrogens with one attached hydrogen (secondary N) is 4. The zero-order valence-electron chi connectivity index (χ0n) is 19.0. The number of carbonyl (C=O) groups is 2. The van der Waals surface area contributed by atoms with E-state index < -0.39 is 0 Å². The van der Waals surface area contributed by atoms with E-state index in [-0.39, 0.29) is 18.0 Å². The molecule has 1 saturated heterocycles. The lowest BCUT2D eigenvalue weighted by molar-refractivity contribution is 0.0776. The number of aromatic nitrogens is 2. The molecule has 0 aliphatic carbocycles. The molecule has 1 aromatic heterocycles. The quantitative estimate of drug-likeness (QED) is 0.400. The first-order valence-electron chi connectivity index (χ1n) is 11.9. The Labute approximate surface area is 189 Å². The van der Waals surface area contributed by atoms with Crippen molar-refractivity contribution in [2.24, 2.45) is 0 Å². The second kappa shape index (κ2) is 10.2. The van der Waals surface area contributed by atoms with E-state index in [4.69, 9.17) is 0 Å². The molecule has 4 N–H and O–H groups in total. The minimum atomic E-state index is -0.354. The standard InChI is InChI=1S/C24H34N6O2/c1-3-4-5-6-8-16(2)25-15-18-14-22(29-28-18)27-24(32)26-17-10-11-19-20(13-17)21-9-7-12-30(21)23(19)31/h10-11,13-14,16,21,25H,3-9,12,15H2,1-2H3,(H3,26,27,28,29,32). The van der Waals surface area contributed by atoms with Crippen LogP contribution in [-0.4, -0.2) is 39.6 Å². The molecule has 0 saturated carbocycles. The predicted octanol–water partition coefficient (Wildman–Crippen LogP) is 4.79. The lowest BCUT2D eigenvalue weighted by Gasteiger charge is -2.15. The van der Waals surface area contributed by atoms with E-state index in [1.807, 2.05) is 23.1 Å². The van der Waals surface area contributed by atoms with Crippen molar-refractivity contribution >= 4 is 23.4 Å². The highest BCUT2D eigenvalue weighted by Crippen LogP contribution is 2.41. The lowest BCUT2D eigenvalue weighted by Crippen LogP contribution is -2.25. The summed E-state index contributed by atoms with van der Waals surface area (Å²) in [6.07, 6.45) is 8.25. The van der Waals surface area contributed by atoms with E-state index >= 15 is 0 Å². The first-order valence-corrected chi connectivity index (χ1v) is 11.9.